The average Bonchev–Trinajstić information content (AvgIpc) is 2.81. The number of hydrogen-bond acceptors (Lipinski definition) is 2. The molecule has 0 aliphatic rings. The Labute approximate surface area is 226 Å². The maximum atomic E-state index is 15.9. The monoisotopic (exact) mass is 556 g/mol. The van der Waals surface area contributed by atoms with Crippen molar-refractivity contribution in [2.75, 3.05) is 0 Å². The molecule has 4 aromatic rings. The Balaban J connectivity index is 2.11. The van der Waals surface area contributed by atoms with Crippen LogP contribution in [-0.4, -0.2) is 18.0 Å². The first-order valence-corrected chi connectivity index (χ1v) is 15.2. The summed E-state index contributed by atoms with van der Waals surface area (Å²) in [5.74, 6) is 1.94. The van der Waals surface area contributed by atoms with Crippen LogP contribution in [0.4, 0.5) is 8.78 Å². The van der Waals surface area contributed by atoms with E-state index in [0.29, 0.717) is 33.0 Å². The lowest BCUT2D eigenvalue weighted by molar-refractivity contribution is 0.626. The molecular formula is C29H28Cl2F2N2OSi. The molecule has 3 nitrogen and oxygen atoms in total. The Morgan fingerprint density at radius 2 is 1.62 bits per heavy atom. The summed E-state index contributed by atoms with van der Waals surface area (Å²) in [7, 11) is -2.18. The SMILES string of the molecule is CC(C)[Si](C#Cc1c(F)ccc2cccc(-c3c(Cl)cc4c(=O)[nH]c(Cl)nc4c3F)c12)(C(C)C)C(C)C. The second-order valence-electron chi connectivity index (χ2n) is 10.3. The fourth-order valence-corrected chi connectivity index (χ4v) is 11.4. The first-order valence-electron chi connectivity index (χ1n) is 12.2. The van der Waals surface area contributed by atoms with Crippen molar-refractivity contribution in [1.82, 2.24) is 9.97 Å². The summed E-state index contributed by atoms with van der Waals surface area (Å²) >= 11 is 12.5. The van der Waals surface area contributed by atoms with Gasteiger partial charge in [-0.25, -0.2) is 13.8 Å². The van der Waals surface area contributed by atoms with Crippen LogP contribution in [0.1, 0.15) is 47.1 Å². The summed E-state index contributed by atoms with van der Waals surface area (Å²) in [5, 5.41) is 0.901. The van der Waals surface area contributed by atoms with Crippen LogP contribution in [0.25, 0.3) is 32.8 Å². The molecule has 0 radical (unpaired) electrons. The van der Waals surface area contributed by atoms with Crippen molar-refractivity contribution >= 4 is 53.0 Å². The van der Waals surface area contributed by atoms with Crippen molar-refractivity contribution in [3.63, 3.8) is 0 Å². The van der Waals surface area contributed by atoms with E-state index in [0.717, 1.165) is 0 Å². The molecule has 0 saturated carbocycles. The van der Waals surface area contributed by atoms with Crippen LogP contribution in [0.2, 0.25) is 26.9 Å². The number of halogens is 4. The topological polar surface area (TPSA) is 45.8 Å². The number of benzene rings is 3. The number of aromatic amines is 1. The highest BCUT2D eigenvalue weighted by Gasteiger charge is 2.41. The minimum Gasteiger partial charge on any atom is -0.297 e. The quantitative estimate of drug-likeness (QED) is 0.155. The van der Waals surface area contributed by atoms with Crippen molar-refractivity contribution in [3.05, 3.63) is 74.3 Å². The number of H-pyrrole nitrogens is 1. The summed E-state index contributed by atoms with van der Waals surface area (Å²) in [6, 6.07) is 9.64. The fourth-order valence-electron chi connectivity index (χ4n) is 5.71. The highest BCUT2D eigenvalue weighted by atomic mass is 35.5. The van der Waals surface area contributed by atoms with Gasteiger partial charge in [0.25, 0.3) is 5.56 Å². The molecule has 0 aliphatic heterocycles. The molecule has 4 rings (SSSR count). The van der Waals surface area contributed by atoms with Gasteiger partial charge in [-0.05, 0) is 51.3 Å². The van der Waals surface area contributed by atoms with Gasteiger partial charge in [-0.3, -0.25) is 9.78 Å². The van der Waals surface area contributed by atoms with Gasteiger partial charge in [-0.2, -0.15) is 0 Å². The minimum absolute atomic E-state index is 0.00514. The molecule has 37 heavy (non-hydrogen) atoms. The Morgan fingerprint density at radius 3 is 2.24 bits per heavy atom. The van der Waals surface area contributed by atoms with Crippen LogP contribution in [0.15, 0.2) is 41.2 Å². The van der Waals surface area contributed by atoms with Crippen molar-refractivity contribution in [2.45, 2.75) is 58.2 Å². The van der Waals surface area contributed by atoms with Crippen molar-refractivity contribution in [2.24, 2.45) is 0 Å². The van der Waals surface area contributed by atoms with Crippen molar-refractivity contribution in [1.29, 1.82) is 0 Å². The van der Waals surface area contributed by atoms with E-state index in [-0.39, 0.29) is 32.3 Å². The molecule has 1 N–H and O–H groups in total. The van der Waals surface area contributed by atoms with E-state index in [1.807, 2.05) is 6.07 Å². The van der Waals surface area contributed by atoms with E-state index in [1.54, 1.807) is 18.2 Å². The molecule has 0 bridgehead atoms. The van der Waals surface area contributed by atoms with Crippen LogP contribution < -0.4 is 5.56 Å². The van der Waals surface area contributed by atoms with E-state index in [9.17, 15) is 4.79 Å². The van der Waals surface area contributed by atoms with Gasteiger partial charge in [0.15, 0.2) is 5.82 Å². The van der Waals surface area contributed by atoms with Crippen LogP contribution in [-0.2, 0) is 0 Å². The maximum Gasteiger partial charge on any atom is 0.259 e. The lowest BCUT2D eigenvalue weighted by Crippen LogP contribution is -2.43. The number of rotatable bonds is 4. The lowest BCUT2D eigenvalue weighted by Gasteiger charge is -2.38. The summed E-state index contributed by atoms with van der Waals surface area (Å²) in [6.45, 7) is 13.1. The van der Waals surface area contributed by atoms with E-state index in [2.05, 4.69) is 63.0 Å². The molecule has 0 unspecified atom stereocenters. The fraction of sp³-hybridized carbons (Fsp3) is 0.310. The summed E-state index contributed by atoms with van der Waals surface area (Å²) in [4.78, 5) is 18.7. The van der Waals surface area contributed by atoms with Gasteiger partial charge in [-0.1, -0.05) is 83.3 Å². The number of nitrogens with one attached hydrogen (secondary N) is 1. The predicted molar refractivity (Wildman–Crippen MR) is 153 cm³/mol. The molecule has 0 amide bonds. The normalized spacial score (nSPS) is 12.1. The summed E-state index contributed by atoms with van der Waals surface area (Å²) in [5.41, 5.74) is 4.44. The third kappa shape index (κ3) is 4.58. The molecule has 1 heterocycles. The molecule has 0 spiro atoms. The molecule has 3 aromatic carbocycles. The van der Waals surface area contributed by atoms with Gasteiger partial charge < -0.3 is 0 Å². The minimum atomic E-state index is -2.18. The third-order valence-corrected chi connectivity index (χ3v) is 14.2. The number of fused-ring (bicyclic) bond motifs is 2. The highest BCUT2D eigenvalue weighted by Crippen LogP contribution is 2.42. The Bertz CT molecular complexity index is 1630. The van der Waals surface area contributed by atoms with Crippen molar-refractivity contribution < 1.29 is 8.78 Å². The lowest BCUT2D eigenvalue weighted by atomic mass is 9.93. The van der Waals surface area contributed by atoms with E-state index >= 15 is 8.78 Å². The molecule has 192 valence electrons. The largest absolute Gasteiger partial charge is 0.297 e. The zero-order valence-corrected chi connectivity index (χ0v) is 24.1. The number of hydrogen-bond donors (Lipinski definition) is 1. The zero-order chi connectivity index (χ0) is 27.2. The first-order chi connectivity index (χ1) is 17.4. The number of nitrogens with zero attached hydrogens (tertiary/aromatic N) is 1. The zero-order valence-electron chi connectivity index (χ0n) is 21.6. The van der Waals surface area contributed by atoms with Gasteiger partial charge in [0.2, 0.25) is 5.28 Å². The molecule has 0 atom stereocenters. The molecule has 0 aliphatic carbocycles. The van der Waals surface area contributed by atoms with E-state index < -0.39 is 25.3 Å². The van der Waals surface area contributed by atoms with Crippen LogP contribution in [0, 0.1) is 23.1 Å². The molecule has 1 aromatic heterocycles. The highest BCUT2D eigenvalue weighted by molar-refractivity contribution is 6.90. The second kappa shape index (κ2) is 10.2. The smallest absolute Gasteiger partial charge is 0.259 e. The first kappa shape index (κ1) is 27.3. The maximum absolute atomic E-state index is 15.9. The average molecular weight is 558 g/mol. The van der Waals surface area contributed by atoms with Crippen molar-refractivity contribution in [3.8, 4) is 22.6 Å². The van der Waals surface area contributed by atoms with Gasteiger partial charge in [0.05, 0.1) is 16.0 Å². The molecule has 0 saturated heterocycles. The number of aromatic nitrogens is 2. The predicted octanol–water partition coefficient (Wildman–Crippen LogP) is 8.90. The standard InChI is InChI=1S/C29H28Cl2F2N2OSi/c1-15(2)37(16(3)4,17(5)6)13-12-19-23(32)11-10-18-8-7-9-20(24(18)19)25-22(30)14-21-27(26(25)33)34-29(31)35-28(21)36/h7-11,14-17H,1-6H3,(H,34,35,36). The van der Waals surface area contributed by atoms with E-state index in [4.69, 9.17) is 23.2 Å². The Hall–Kier alpha value is -2.72. The second-order valence-corrected chi connectivity index (χ2v) is 16.6. The van der Waals surface area contributed by atoms with Gasteiger partial charge in [0, 0.05) is 10.9 Å². The van der Waals surface area contributed by atoms with Crippen LogP contribution in [0.3, 0.4) is 0 Å². The van der Waals surface area contributed by atoms with E-state index in [1.165, 1.54) is 12.1 Å². The van der Waals surface area contributed by atoms with Gasteiger partial charge in [0.1, 0.15) is 19.4 Å². The Morgan fingerprint density at radius 1 is 0.973 bits per heavy atom. The molecule has 0 fully saturated rings. The van der Waals surface area contributed by atoms with Gasteiger partial charge >= 0.3 is 0 Å². The van der Waals surface area contributed by atoms with Crippen LogP contribution in [0.5, 0.6) is 0 Å². The third-order valence-electron chi connectivity index (χ3n) is 7.40. The Kier molecular flexibility index (Phi) is 7.54. The summed E-state index contributed by atoms with van der Waals surface area (Å²) < 4.78 is 31.4. The van der Waals surface area contributed by atoms with Gasteiger partial charge in [-0.15, -0.1) is 5.54 Å². The van der Waals surface area contributed by atoms with Crippen LogP contribution >= 0.6 is 23.2 Å². The summed E-state index contributed by atoms with van der Waals surface area (Å²) in [6.07, 6.45) is 0. The molecule has 8 heteroatoms. The molecular weight excluding hydrogens is 529 g/mol.